The van der Waals surface area contributed by atoms with Gasteiger partial charge in [0.1, 0.15) is 17.0 Å². The van der Waals surface area contributed by atoms with Crippen LogP contribution in [0.4, 0.5) is 5.69 Å². The SMILES string of the molecule is [2H]C([2H])([2H])C(C(=O)Nc1ccc2oc(-c3ccnc(C(=O)OC)c3)cc2c1)C([2H])([2H])[2H]. The Bertz CT molecular complexity index is 1120. The molecule has 1 aromatic carbocycles. The smallest absolute Gasteiger partial charge is 0.356 e. The Balaban J connectivity index is 1.89. The summed E-state index contributed by atoms with van der Waals surface area (Å²) in [6, 6.07) is 9.35. The Labute approximate surface area is 153 Å². The highest BCUT2D eigenvalue weighted by atomic mass is 16.5. The zero-order valence-electron chi connectivity index (χ0n) is 19.2. The fourth-order valence-corrected chi connectivity index (χ4v) is 2.28. The molecule has 0 aliphatic rings. The third kappa shape index (κ3) is 3.52. The van der Waals surface area contributed by atoms with Gasteiger partial charge >= 0.3 is 5.97 Å². The number of anilines is 1. The van der Waals surface area contributed by atoms with Gasteiger partial charge in [0, 0.05) is 37.0 Å². The van der Waals surface area contributed by atoms with E-state index in [9.17, 15) is 9.59 Å². The molecule has 2 aromatic heterocycles. The molecule has 0 atom stereocenters. The molecule has 0 fully saturated rings. The molecule has 0 aliphatic heterocycles. The summed E-state index contributed by atoms with van der Waals surface area (Å²) in [5.74, 6) is -3.46. The highest BCUT2D eigenvalue weighted by Crippen LogP contribution is 2.30. The monoisotopic (exact) mass is 344 g/mol. The number of esters is 1. The Kier molecular flexibility index (Phi) is 2.88. The summed E-state index contributed by atoms with van der Waals surface area (Å²) in [5.41, 5.74) is 1.36. The van der Waals surface area contributed by atoms with E-state index in [2.05, 4.69) is 15.0 Å². The third-order valence-corrected chi connectivity index (χ3v) is 3.49. The summed E-state index contributed by atoms with van der Waals surface area (Å²) in [6.45, 7) is -5.97. The summed E-state index contributed by atoms with van der Waals surface area (Å²) < 4.78 is 54.8. The lowest BCUT2D eigenvalue weighted by atomic mass is 10.1. The number of furan rings is 1. The third-order valence-electron chi connectivity index (χ3n) is 3.49. The lowest BCUT2D eigenvalue weighted by Gasteiger charge is -2.07. The maximum atomic E-state index is 12.4. The normalized spacial score (nSPS) is 15.4. The van der Waals surface area contributed by atoms with Gasteiger partial charge in [0.05, 0.1) is 7.11 Å². The van der Waals surface area contributed by atoms with Gasteiger partial charge in [-0.3, -0.25) is 4.79 Å². The molecule has 0 bridgehead atoms. The average molecular weight is 344 g/mol. The topological polar surface area (TPSA) is 81.4 Å². The van der Waals surface area contributed by atoms with Crippen molar-refractivity contribution >= 4 is 28.5 Å². The van der Waals surface area contributed by atoms with E-state index in [0.717, 1.165) is 0 Å². The van der Waals surface area contributed by atoms with E-state index in [1.807, 2.05) is 0 Å². The number of hydrogen-bond acceptors (Lipinski definition) is 5. The lowest BCUT2D eigenvalue weighted by molar-refractivity contribution is -0.118. The van der Waals surface area contributed by atoms with E-state index >= 15 is 0 Å². The van der Waals surface area contributed by atoms with Gasteiger partial charge in [-0.15, -0.1) is 0 Å². The van der Waals surface area contributed by atoms with Gasteiger partial charge in [0.2, 0.25) is 5.91 Å². The largest absolute Gasteiger partial charge is 0.464 e. The van der Waals surface area contributed by atoms with Crippen molar-refractivity contribution in [1.82, 2.24) is 4.98 Å². The summed E-state index contributed by atoms with van der Waals surface area (Å²) in [4.78, 5) is 28.0. The number of ether oxygens (including phenoxy) is 1. The predicted molar refractivity (Wildman–Crippen MR) is 94.3 cm³/mol. The molecule has 1 amide bonds. The van der Waals surface area contributed by atoms with Gasteiger partial charge in [0.25, 0.3) is 0 Å². The number of benzene rings is 1. The van der Waals surface area contributed by atoms with Crippen LogP contribution in [0.5, 0.6) is 0 Å². The average Bonchev–Trinajstić information content (AvgIpc) is 3.08. The number of nitrogens with zero attached hydrogens (tertiary/aromatic N) is 1. The van der Waals surface area contributed by atoms with Crippen LogP contribution in [0.1, 0.15) is 32.4 Å². The van der Waals surface area contributed by atoms with Crippen LogP contribution in [0.2, 0.25) is 0 Å². The molecule has 6 heteroatoms. The number of methoxy groups -OCH3 is 1. The van der Waals surface area contributed by atoms with Crippen LogP contribution < -0.4 is 5.32 Å². The number of fused-ring (bicyclic) bond motifs is 1. The van der Waals surface area contributed by atoms with Crippen molar-refractivity contribution < 1.29 is 27.0 Å². The molecule has 0 spiro atoms. The number of pyridine rings is 1. The van der Waals surface area contributed by atoms with Gasteiger partial charge in [-0.25, -0.2) is 9.78 Å². The minimum Gasteiger partial charge on any atom is -0.464 e. The summed E-state index contributed by atoms with van der Waals surface area (Å²) in [5, 5.41) is 2.93. The Morgan fingerprint density at radius 1 is 1.24 bits per heavy atom. The molecule has 0 saturated carbocycles. The first kappa shape index (κ1) is 10.7. The van der Waals surface area contributed by atoms with E-state index in [1.165, 1.54) is 31.5 Å². The molecule has 3 aromatic rings. The van der Waals surface area contributed by atoms with Gasteiger partial charge in [-0.1, -0.05) is 13.7 Å². The standard InChI is InChI=1S/C19H18N2O4/c1-11(2)18(22)21-14-4-5-16-13(8-14)10-17(25-16)12-6-7-20-15(9-12)19(23)24-3/h4-11H,1-3H3,(H,21,22)/i1D3,2D3. The van der Waals surface area contributed by atoms with Gasteiger partial charge in [-0.2, -0.15) is 0 Å². The summed E-state index contributed by atoms with van der Waals surface area (Å²) in [6.07, 6.45) is 1.43. The minimum absolute atomic E-state index is 0.105. The molecule has 0 aliphatic carbocycles. The number of carbonyl (C=O) groups excluding carboxylic acids is 2. The molecule has 3 rings (SSSR count). The van der Waals surface area contributed by atoms with Crippen LogP contribution in [-0.2, 0) is 9.53 Å². The maximum Gasteiger partial charge on any atom is 0.356 e. The summed E-state index contributed by atoms with van der Waals surface area (Å²) in [7, 11) is 1.25. The first-order valence-electron chi connectivity index (χ1n) is 10.3. The first-order valence-corrected chi connectivity index (χ1v) is 7.29. The maximum absolute atomic E-state index is 12.4. The highest BCUT2D eigenvalue weighted by Gasteiger charge is 2.13. The molecule has 2 heterocycles. The van der Waals surface area contributed by atoms with E-state index < -0.39 is 31.5 Å². The number of carbonyl (C=O) groups is 2. The van der Waals surface area contributed by atoms with Crippen molar-refractivity contribution in [2.75, 3.05) is 12.4 Å². The van der Waals surface area contributed by atoms with Crippen molar-refractivity contribution in [3.8, 4) is 11.3 Å². The molecule has 0 unspecified atom stereocenters. The molecular formula is C19H18N2O4. The summed E-state index contributed by atoms with van der Waals surface area (Å²) >= 11 is 0. The second-order valence-corrected chi connectivity index (χ2v) is 5.21. The second kappa shape index (κ2) is 6.76. The molecular weight excluding hydrogens is 320 g/mol. The van der Waals surface area contributed by atoms with Crippen molar-refractivity contribution in [2.45, 2.75) is 13.7 Å². The van der Waals surface area contributed by atoms with Crippen molar-refractivity contribution in [3.63, 3.8) is 0 Å². The highest BCUT2D eigenvalue weighted by molar-refractivity contribution is 5.95. The predicted octanol–water partition coefficient (Wildman–Crippen LogP) is 3.88. The number of amides is 1. The van der Waals surface area contributed by atoms with Crippen LogP contribution in [-0.4, -0.2) is 24.0 Å². The molecule has 1 N–H and O–H groups in total. The Morgan fingerprint density at radius 2 is 2.08 bits per heavy atom. The molecule has 6 nitrogen and oxygen atoms in total. The Morgan fingerprint density at radius 3 is 2.84 bits per heavy atom. The Hall–Kier alpha value is -3.15. The van der Waals surface area contributed by atoms with E-state index in [1.54, 1.807) is 18.2 Å². The second-order valence-electron chi connectivity index (χ2n) is 5.21. The van der Waals surface area contributed by atoms with E-state index in [4.69, 9.17) is 12.6 Å². The zero-order chi connectivity index (χ0) is 23.0. The zero-order valence-corrected chi connectivity index (χ0v) is 13.2. The lowest BCUT2D eigenvalue weighted by Crippen LogP contribution is -2.17. The van der Waals surface area contributed by atoms with Gasteiger partial charge < -0.3 is 14.5 Å². The fourth-order valence-electron chi connectivity index (χ4n) is 2.28. The van der Waals surface area contributed by atoms with Crippen molar-refractivity contribution in [1.29, 1.82) is 0 Å². The minimum atomic E-state index is -2.99. The molecule has 0 radical (unpaired) electrons. The van der Waals surface area contributed by atoms with Crippen molar-refractivity contribution in [3.05, 3.63) is 48.3 Å². The fraction of sp³-hybridized carbons (Fsp3) is 0.211. The van der Waals surface area contributed by atoms with Crippen LogP contribution in [0, 0.1) is 5.92 Å². The van der Waals surface area contributed by atoms with Gasteiger partial charge in [0.15, 0.2) is 0 Å². The number of hydrogen-bond donors (Lipinski definition) is 1. The van der Waals surface area contributed by atoms with Crippen LogP contribution >= 0.6 is 0 Å². The molecule has 25 heavy (non-hydrogen) atoms. The molecule has 128 valence electrons. The number of aromatic nitrogens is 1. The first-order chi connectivity index (χ1) is 14.4. The number of rotatable bonds is 4. The quantitative estimate of drug-likeness (QED) is 0.727. The van der Waals surface area contributed by atoms with Crippen molar-refractivity contribution in [2.24, 2.45) is 5.92 Å². The number of nitrogens with one attached hydrogen (secondary N) is 1. The van der Waals surface area contributed by atoms with E-state index in [-0.39, 0.29) is 11.4 Å². The molecule has 0 saturated heterocycles. The van der Waals surface area contributed by atoms with Crippen LogP contribution in [0.3, 0.4) is 0 Å². The van der Waals surface area contributed by atoms with Crippen LogP contribution in [0.15, 0.2) is 47.0 Å². The van der Waals surface area contributed by atoms with Gasteiger partial charge in [-0.05, 0) is 36.4 Å². The van der Waals surface area contributed by atoms with Crippen LogP contribution in [0.25, 0.3) is 22.3 Å². The van der Waals surface area contributed by atoms with E-state index in [0.29, 0.717) is 22.3 Å².